The Kier molecular flexibility index (Phi) is 3.79. The van der Waals surface area contributed by atoms with Crippen LogP contribution in [0, 0.1) is 0 Å². The molecule has 0 aromatic carbocycles. The van der Waals surface area contributed by atoms with Gasteiger partial charge in [0, 0.05) is 0 Å². The highest BCUT2D eigenvalue weighted by molar-refractivity contribution is 6.26. The highest BCUT2D eigenvalue weighted by atomic mass is 35.5. The lowest BCUT2D eigenvalue weighted by Crippen LogP contribution is -2.09. The molecule has 0 fully saturated rings. The van der Waals surface area contributed by atoms with Crippen molar-refractivity contribution in [2.24, 2.45) is 10.9 Å². The fraction of sp³-hybridized carbons (Fsp3) is 0.500. The van der Waals surface area contributed by atoms with Crippen LogP contribution in [0.2, 0.25) is 0 Å². The third-order valence-corrected chi connectivity index (χ3v) is 0.619. The molecule has 0 bridgehead atoms. The Morgan fingerprint density at radius 3 is 2.78 bits per heavy atom. The van der Waals surface area contributed by atoms with Gasteiger partial charge in [-0.1, -0.05) is 5.16 Å². The first-order valence-corrected chi connectivity index (χ1v) is 2.76. The van der Waals surface area contributed by atoms with Gasteiger partial charge in [-0.2, -0.15) is 0 Å². The molecule has 0 spiro atoms. The van der Waals surface area contributed by atoms with Gasteiger partial charge in [-0.15, -0.1) is 11.6 Å². The summed E-state index contributed by atoms with van der Waals surface area (Å²) in [6, 6.07) is 0. The van der Waals surface area contributed by atoms with E-state index in [-0.39, 0.29) is 11.7 Å². The zero-order valence-corrected chi connectivity index (χ0v) is 5.68. The topological polar surface area (TPSA) is 64.7 Å². The van der Waals surface area contributed by atoms with Gasteiger partial charge in [0.1, 0.15) is 11.7 Å². The largest absolute Gasteiger partial charge is 0.385 e. The first-order chi connectivity index (χ1) is 4.16. The van der Waals surface area contributed by atoms with E-state index in [1.165, 1.54) is 6.92 Å². The number of rotatable bonds is 2. The molecule has 0 aromatic heterocycles. The van der Waals surface area contributed by atoms with Crippen molar-refractivity contribution in [1.29, 1.82) is 0 Å². The molecule has 4 nitrogen and oxygen atoms in total. The number of carbonyl (C=O) groups is 1. The zero-order valence-electron chi connectivity index (χ0n) is 4.93. The zero-order chi connectivity index (χ0) is 7.28. The van der Waals surface area contributed by atoms with Gasteiger partial charge in [0.15, 0.2) is 0 Å². The summed E-state index contributed by atoms with van der Waals surface area (Å²) in [5.41, 5.74) is 5.03. The van der Waals surface area contributed by atoms with E-state index in [4.69, 9.17) is 17.3 Å². The molecule has 0 amide bonds. The number of nitrogens with zero attached hydrogens (tertiary/aromatic N) is 1. The lowest BCUT2D eigenvalue weighted by Gasteiger charge is -1.90. The Balaban J connectivity index is 3.50. The van der Waals surface area contributed by atoms with Crippen molar-refractivity contribution in [2.45, 2.75) is 6.92 Å². The van der Waals surface area contributed by atoms with Gasteiger partial charge in [0.2, 0.25) is 0 Å². The number of hydrogen-bond donors (Lipinski definition) is 1. The van der Waals surface area contributed by atoms with E-state index < -0.39 is 5.97 Å². The lowest BCUT2D eigenvalue weighted by molar-refractivity contribution is -0.140. The number of carbonyl (C=O) groups excluding carboxylic acids is 1. The molecule has 2 N–H and O–H groups in total. The summed E-state index contributed by atoms with van der Waals surface area (Å²) in [4.78, 5) is 14.3. The lowest BCUT2D eigenvalue weighted by atomic mass is 10.7. The number of nitrogens with two attached hydrogens (primary N) is 1. The van der Waals surface area contributed by atoms with E-state index >= 15 is 0 Å². The van der Waals surface area contributed by atoms with Crippen molar-refractivity contribution < 1.29 is 9.63 Å². The van der Waals surface area contributed by atoms with Gasteiger partial charge in [-0.05, 0) is 6.92 Å². The number of halogens is 1. The van der Waals surface area contributed by atoms with Crippen LogP contribution in [-0.2, 0) is 9.63 Å². The number of hydrogen-bond acceptors (Lipinski definition) is 3. The maximum Gasteiger partial charge on any atom is 0.349 e. The highest BCUT2D eigenvalue weighted by Gasteiger charge is 1.96. The predicted octanol–water partition coefficient (Wildman–Crippen LogP) is 0.0605. The molecule has 0 unspecified atom stereocenters. The molecular weight excluding hydrogens is 144 g/mol. The highest BCUT2D eigenvalue weighted by Crippen LogP contribution is 1.82. The minimum atomic E-state index is -0.610. The van der Waals surface area contributed by atoms with Crippen LogP contribution in [0.15, 0.2) is 5.16 Å². The first-order valence-electron chi connectivity index (χ1n) is 2.22. The Hall–Kier alpha value is -0.770. The van der Waals surface area contributed by atoms with Crippen molar-refractivity contribution in [1.82, 2.24) is 0 Å². The molecule has 0 aliphatic carbocycles. The maximum atomic E-state index is 10.2. The summed E-state index contributed by atoms with van der Waals surface area (Å²) < 4.78 is 0. The second-order valence-electron chi connectivity index (χ2n) is 1.33. The molecule has 52 valence electrons. The second-order valence-corrected chi connectivity index (χ2v) is 1.60. The van der Waals surface area contributed by atoms with Crippen LogP contribution in [0.25, 0.3) is 0 Å². The SMILES string of the molecule is C/C(N)=N/OC(=O)CCl. The van der Waals surface area contributed by atoms with Gasteiger partial charge in [0.25, 0.3) is 0 Å². The van der Waals surface area contributed by atoms with Gasteiger partial charge >= 0.3 is 5.97 Å². The fourth-order valence-corrected chi connectivity index (χ4v) is 0.196. The number of oxime groups is 1. The quantitative estimate of drug-likeness (QED) is 0.199. The third kappa shape index (κ3) is 5.10. The summed E-state index contributed by atoms with van der Waals surface area (Å²) in [5, 5.41) is 3.16. The number of alkyl halides is 1. The van der Waals surface area contributed by atoms with Gasteiger partial charge in [0.05, 0.1) is 0 Å². The molecule has 0 atom stereocenters. The smallest absolute Gasteiger partial charge is 0.349 e. The summed E-state index contributed by atoms with van der Waals surface area (Å²) in [7, 11) is 0. The predicted molar refractivity (Wildman–Crippen MR) is 34.1 cm³/mol. The molecule has 0 rings (SSSR count). The molecule has 5 heteroatoms. The van der Waals surface area contributed by atoms with Crippen LogP contribution in [0.4, 0.5) is 0 Å². The van der Waals surface area contributed by atoms with Gasteiger partial charge < -0.3 is 10.6 Å². The Labute approximate surface area is 57.6 Å². The van der Waals surface area contributed by atoms with Crippen LogP contribution < -0.4 is 5.73 Å². The third-order valence-electron chi connectivity index (χ3n) is 0.401. The molecular formula is C4H7ClN2O2. The molecule has 0 saturated carbocycles. The Morgan fingerprint density at radius 1 is 1.89 bits per heavy atom. The maximum absolute atomic E-state index is 10.2. The van der Waals surface area contributed by atoms with Gasteiger partial charge in [-0.25, -0.2) is 4.79 Å². The van der Waals surface area contributed by atoms with Crippen molar-refractivity contribution in [2.75, 3.05) is 5.88 Å². The summed E-state index contributed by atoms with van der Waals surface area (Å²) in [6.45, 7) is 1.50. The molecule has 0 saturated heterocycles. The van der Waals surface area contributed by atoms with Crippen LogP contribution >= 0.6 is 11.6 Å². The van der Waals surface area contributed by atoms with Crippen molar-refractivity contribution in [3.05, 3.63) is 0 Å². The average Bonchev–Trinajstić information content (AvgIpc) is 1.83. The Bertz CT molecular complexity index is 131. The van der Waals surface area contributed by atoms with Gasteiger partial charge in [-0.3, -0.25) is 0 Å². The normalized spacial score (nSPS) is 11.1. The summed E-state index contributed by atoms with van der Waals surface area (Å²) >= 11 is 5.05. The van der Waals surface area contributed by atoms with Crippen molar-refractivity contribution in [3.63, 3.8) is 0 Å². The first kappa shape index (κ1) is 8.23. The summed E-state index contributed by atoms with van der Waals surface area (Å²) in [6.07, 6.45) is 0. The molecule has 0 aliphatic heterocycles. The van der Waals surface area contributed by atoms with E-state index in [1.54, 1.807) is 0 Å². The number of amidine groups is 1. The van der Waals surface area contributed by atoms with E-state index in [9.17, 15) is 4.79 Å². The minimum absolute atomic E-state index is 0.188. The van der Waals surface area contributed by atoms with Crippen LogP contribution in [0.3, 0.4) is 0 Å². The Morgan fingerprint density at radius 2 is 2.44 bits per heavy atom. The minimum Gasteiger partial charge on any atom is -0.385 e. The molecule has 0 aliphatic rings. The van der Waals surface area contributed by atoms with Crippen molar-refractivity contribution >= 4 is 23.4 Å². The average molecular weight is 151 g/mol. The van der Waals surface area contributed by atoms with Crippen LogP contribution in [-0.4, -0.2) is 17.7 Å². The molecule has 9 heavy (non-hydrogen) atoms. The molecule has 0 aromatic rings. The van der Waals surface area contributed by atoms with E-state index in [1.807, 2.05) is 0 Å². The fourth-order valence-electron chi connectivity index (χ4n) is 0.147. The van der Waals surface area contributed by atoms with E-state index in [0.29, 0.717) is 0 Å². The van der Waals surface area contributed by atoms with E-state index in [0.717, 1.165) is 0 Å². The standard InChI is InChI=1S/C4H7ClN2O2/c1-3(6)7-9-4(8)2-5/h2H2,1H3,(H2,6,7). The van der Waals surface area contributed by atoms with Crippen LogP contribution in [0.5, 0.6) is 0 Å². The summed E-state index contributed by atoms with van der Waals surface area (Å²) in [5.74, 6) is -0.633. The van der Waals surface area contributed by atoms with E-state index in [2.05, 4.69) is 9.99 Å². The molecule has 0 radical (unpaired) electrons. The van der Waals surface area contributed by atoms with Crippen LogP contribution in [0.1, 0.15) is 6.92 Å². The monoisotopic (exact) mass is 150 g/mol. The van der Waals surface area contributed by atoms with Crippen molar-refractivity contribution in [3.8, 4) is 0 Å². The second kappa shape index (κ2) is 4.14. The molecule has 0 heterocycles.